The second-order valence-electron chi connectivity index (χ2n) is 6.08. The summed E-state index contributed by atoms with van der Waals surface area (Å²) in [6.45, 7) is 0.621. The Bertz CT molecular complexity index is 1070. The number of hydrogen-bond acceptors (Lipinski definition) is 4. The highest BCUT2D eigenvalue weighted by molar-refractivity contribution is 6.30. The summed E-state index contributed by atoms with van der Waals surface area (Å²) >= 11 is 6.05. The lowest BCUT2D eigenvalue weighted by Crippen LogP contribution is -2.02. The van der Waals surface area contributed by atoms with E-state index in [0.29, 0.717) is 11.6 Å². The molecule has 5 nitrogen and oxygen atoms in total. The highest BCUT2D eigenvalue weighted by Gasteiger charge is 2.13. The fraction of sp³-hybridized carbons (Fsp3) is 0.100. The Hall–Kier alpha value is -3.05. The molecule has 0 aliphatic heterocycles. The fourth-order valence-corrected chi connectivity index (χ4v) is 3.23. The summed E-state index contributed by atoms with van der Waals surface area (Å²) in [6.07, 6.45) is 1.56. The lowest BCUT2D eigenvalue weighted by Gasteiger charge is -2.07. The van der Waals surface area contributed by atoms with Crippen LogP contribution in [0.15, 0.2) is 60.9 Å². The molecule has 2 N–H and O–H groups in total. The van der Waals surface area contributed by atoms with Gasteiger partial charge in [0, 0.05) is 18.6 Å². The minimum absolute atomic E-state index is 0.246. The quantitative estimate of drug-likeness (QED) is 0.555. The average Bonchev–Trinajstić information content (AvgIpc) is 2.98. The summed E-state index contributed by atoms with van der Waals surface area (Å²) in [5, 5.41) is 14.5. The van der Waals surface area contributed by atoms with Crippen LogP contribution in [0, 0.1) is 0 Å². The largest absolute Gasteiger partial charge is 0.508 e. The zero-order valence-electron chi connectivity index (χ0n) is 14.1. The maximum atomic E-state index is 9.51. The van der Waals surface area contributed by atoms with Gasteiger partial charge in [-0.15, -0.1) is 0 Å². The summed E-state index contributed by atoms with van der Waals surface area (Å²) in [5.74, 6) is 1.02. The number of phenolic OH excluding ortho intramolecular Hbond substituents is 1. The highest BCUT2D eigenvalue weighted by Crippen LogP contribution is 2.30. The minimum Gasteiger partial charge on any atom is -0.508 e. The first-order valence-electron chi connectivity index (χ1n) is 8.20. The SMILES string of the molecule is Cn1c(-c2ccc(O)cc2)cc2c(NCc3cccc(Cl)c3)ncnc21. The van der Waals surface area contributed by atoms with Gasteiger partial charge in [0.25, 0.3) is 0 Å². The molecule has 0 spiro atoms. The minimum atomic E-state index is 0.246. The van der Waals surface area contributed by atoms with E-state index in [4.69, 9.17) is 11.6 Å². The summed E-state index contributed by atoms with van der Waals surface area (Å²) in [6, 6.07) is 16.9. The Kier molecular flexibility index (Phi) is 4.22. The summed E-state index contributed by atoms with van der Waals surface area (Å²) < 4.78 is 2.02. The van der Waals surface area contributed by atoms with Crippen LogP contribution in [0.5, 0.6) is 5.75 Å². The third-order valence-corrected chi connectivity index (χ3v) is 4.57. The summed E-state index contributed by atoms with van der Waals surface area (Å²) in [7, 11) is 1.97. The molecule has 0 aliphatic carbocycles. The van der Waals surface area contributed by atoms with Crippen molar-refractivity contribution in [1.82, 2.24) is 14.5 Å². The number of benzene rings is 2. The van der Waals surface area contributed by atoms with E-state index in [1.165, 1.54) is 0 Å². The molecule has 2 aromatic carbocycles. The molecular formula is C20H17ClN4O. The van der Waals surface area contributed by atoms with Gasteiger partial charge in [0.15, 0.2) is 0 Å². The molecule has 4 aromatic rings. The maximum absolute atomic E-state index is 9.51. The van der Waals surface area contributed by atoms with Crippen LogP contribution in [-0.2, 0) is 13.6 Å². The molecule has 0 amide bonds. The highest BCUT2D eigenvalue weighted by atomic mass is 35.5. The fourth-order valence-electron chi connectivity index (χ4n) is 3.02. The number of anilines is 1. The van der Waals surface area contributed by atoms with E-state index in [0.717, 1.165) is 33.7 Å². The molecule has 2 heterocycles. The predicted molar refractivity (Wildman–Crippen MR) is 104 cm³/mol. The molecule has 6 heteroatoms. The van der Waals surface area contributed by atoms with Gasteiger partial charge in [0.2, 0.25) is 0 Å². The molecule has 2 aromatic heterocycles. The number of aromatic nitrogens is 3. The van der Waals surface area contributed by atoms with Gasteiger partial charge in [-0.1, -0.05) is 23.7 Å². The van der Waals surface area contributed by atoms with Crippen molar-refractivity contribution in [2.45, 2.75) is 6.54 Å². The van der Waals surface area contributed by atoms with E-state index in [2.05, 4.69) is 21.4 Å². The number of fused-ring (bicyclic) bond motifs is 1. The maximum Gasteiger partial charge on any atom is 0.145 e. The van der Waals surface area contributed by atoms with Crippen LogP contribution in [0.4, 0.5) is 5.82 Å². The van der Waals surface area contributed by atoms with Crippen molar-refractivity contribution in [3.63, 3.8) is 0 Å². The van der Waals surface area contributed by atoms with Gasteiger partial charge >= 0.3 is 0 Å². The smallest absolute Gasteiger partial charge is 0.145 e. The second-order valence-corrected chi connectivity index (χ2v) is 6.51. The van der Waals surface area contributed by atoms with Gasteiger partial charge in [-0.2, -0.15) is 0 Å². The number of aromatic hydroxyl groups is 1. The zero-order chi connectivity index (χ0) is 18.1. The molecule has 0 unspecified atom stereocenters. The van der Waals surface area contributed by atoms with Crippen LogP contribution >= 0.6 is 11.6 Å². The molecule has 0 saturated carbocycles. The molecule has 0 radical (unpaired) electrons. The van der Waals surface area contributed by atoms with E-state index in [-0.39, 0.29) is 5.75 Å². The van der Waals surface area contributed by atoms with Gasteiger partial charge in [-0.3, -0.25) is 0 Å². The van der Waals surface area contributed by atoms with E-state index in [1.807, 2.05) is 48.0 Å². The Balaban J connectivity index is 1.70. The van der Waals surface area contributed by atoms with Crippen molar-refractivity contribution < 1.29 is 5.11 Å². The van der Waals surface area contributed by atoms with E-state index >= 15 is 0 Å². The van der Waals surface area contributed by atoms with E-state index in [1.54, 1.807) is 18.5 Å². The molecule has 0 saturated heterocycles. The molecule has 130 valence electrons. The first-order valence-corrected chi connectivity index (χ1v) is 8.58. The van der Waals surface area contributed by atoms with Crippen LogP contribution in [0.3, 0.4) is 0 Å². The number of hydrogen-bond donors (Lipinski definition) is 2. The molecule has 0 fully saturated rings. The standard InChI is InChI=1S/C20H17ClN4O/c1-25-18(14-5-7-16(26)8-6-14)10-17-19(23-12-24-20(17)25)22-11-13-3-2-4-15(21)9-13/h2-10,12,26H,11H2,1H3,(H,22,23,24). The Morgan fingerprint density at radius 3 is 2.65 bits per heavy atom. The monoisotopic (exact) mass is 364 g/mol. The lowest BCUT2D eigenvalue weighted by atomic mass is 10.1. The number of nitrogens with zero attached hydrogens (tertiary/aromatic N) is 3. The van der Waals surface area contributed by atoms with Crippen LogP contribution in [-0.4, -0.2) is 19.6 Å². The van der Waals surface area contributed by atoms with Crippen LogP contribution in [0.25, 0.3) is 22.3 Å². The van der Waals surface area contributed by atoms with E-state index < -0.39 is 0 Å². The number of aryl methyl sites for hydroxylation is 1. The molecule has 4 rings (SSSR count). The molecule has 0 aliphatic rings. The van der Waals surface area contributed by atoms with Crippen LogP contribution in [0.2, 0.25) is 5.02 Å². The van der Waals surface area contributed by atoms with Crippen molar-refractivity contribution in [3.05, 3.63) is 71.5 Å². The first-order chi connectivity index (χ1) is 12.6. The first kappa shape index (κ1) is 16.4. The van der Waals surface area contributed by atoms with Gasteiger partial charge < -0.3 is 15.0 Å². The zero-order valence-corrected chi connectivity index (χ0v) is 14.9. The van der Waals surface area contributed by atoms with Crippen molar-refractivity contribution in [2.24, 2.45) is 7.05 Å². The number of rotatable bonds is 4. The molecule has 26 heavy (non-hydrogen) atoms. The van der Waals surface area contributed by atoms with Crippen molar-refractivity contribution in [3.8, 4) is 17.0 Å². The molecular weight excluding hydrogens is 348 g/mol. The molecule has 0 bridgehead atoms. The van der Waals surface area contributed by atoms with Crippen molar-refractivity contribution in [2.75, 3.05) is 5.32 Å². The summed E-state index contributed by atoms with van der Waals surface area (Å²) in [4.78, 5) is 8.81. The Morgan fingerprint density at radius 2 is 1.88 bits per heavy atom. The normalized spacial score (nSPS) is 11.0. The van der Waals surface area contributed by atoms with Crippen molar-refractivity contribution >= 4 is 28.5 Å². The predicted octanol–water partition coefficient (Wildman–Crippen LogP) is 4.61. The number of halogens is 1. The van der Waals surface area contributed by atoms with Gasteiger partial charge in [0.05, 0.1) is 11.1 Å². The summed E-state index contributed by atoms with van der Waals surface area (Å²) in [5.41, 5.74) is 3.94. The Labute approximate surface area is 155 Å². The third kappa shape index (κ3) is 3.09. The van der Waals surface area contributed by atoms with Gasteiger partial charge in [0.1, 0.15) is 23.5 Å². The van der Waals surface area contributed by atoms with Crippen molar-refractivity contribution in [1.29, 1.82) is 0 Å². The molecule has 0 atom stereocenters. The average molecular weight is 365 g/mol. The van der Waals surface area contributed by atoms with Crippen LogP contribution < -0.4 is 5.32 Å². The van der Waals surface area contributed by atoms with Gasteiger partial charge in [-0.05, 0) is 53.6 Å². The lowest BCUT2D eigenvalue weighted by molar-refractivity contribution is 0.475. The second kappa shape index (κ2) is 6.69. The van der Waals surface area contributed by atoms with E-state index in [9.17, 15) is 5.11 Å². The Morgan fingerprint density at radius 1 is 1.08 bits per heavy atom. The number of nitrogens with one attached hydrogen (secondary N) is 1. The third-order valence-electron chi connectivity index (χ3n) is 4.34. The topological polar surface area (TPSA) is 63.0 Å². The van der Waals surface area contributed by atoms with Crippen LogP contribution in [0.1, 0.15) is 5.56 Å². The van der Waals surface area contributed by atoms with Gasteiger partial charge in [-0.25, -0.2) is 9.97 Å². The number of phenols is 1.